The van der Waals surface area contributed by atoms with Crippen LogP contribution < -0.4 is 10.1 Å². The Hall–Kier alpha value is -3.31. The van der Waals surface area contributed by atoms with Crippen LogP contribution >= 0.6 is 11.6 Å². The Bertz CT molecular complexity index is 1030. The van der Waals surface area contributed by atoms with E-state index in [1.807, 2.05) is 67.6 Å². The van der Waals surface area contributed by atoms with E-state index in [-0.39, 0.29) is 18.4 Å². The van der Waals surface area contributed by atoms with E-state index < -0.39 is 6.04 Å². The Kier molecular flexibility index (Phi) is 9.33. The van der Waals surface area contributed by atoms with Gasteiger partial charge < -0.3 is 15.0 Å². The van der Waals surface area contributed by atoms with E-state index in [0.717, 1.165) is 17.5 Å². The molecule has 0 aromatic heterocycles. The second kappa shape index (κ2) is 12.7. The highest BCUT2D eigenvalue weighted by molar-refractivity contribution is 6.30. The molecule has 3 aromatic rings. The van der Waals surface area contributed by atoms with Gasteiger partial charge in [0.1, 0.15) is 11.8 Å². The summed E-state index contributed by atoms with van der Waals surface area (Å²) in [5.41, 5.74) is 1.92. The standard InChI is InChI=1S/C27H29ClN2O3/c1-2-16-29-27(32)25(17-21-10-5-3-6-11-21)30(19-22-12-7-4-8-13-22)26(31)20-33-24-15-9-14-23(28)18-24/h3-15,18,25H,2,16-17,19-20H2,1H3,(H,29,32)/t25-/m0/s1. The first-order valence-corrected chi connectivity index (χ1v) is 11.5. The fourth-order valence-corrected chi connectivity index (χ4v) is 3.67. The third kappa shape index (κ3) is 7.65. The van der Waals surface area contributed by atoms with Gasteiger partial charge in [-0.2, -0.15) is 0 Å². The van der Waals surface area contributed by atoms with Crippen molar-refractivity contribution in [3.8, 4) is 5.75 Å². The molecule has 0 fully saturated rings. The van der Waals surface area contributed by atoms with Crippen molar-refractivity contribution in [2.45, 2.75) is 32.4 Å². The normalized spacial score (nSPS) is 11.5. The molecule has 2 amide bonds. The van der Waals surface area contributed by atoms with E-state index in [2.05, 4.69) is 5.32 Å². The molecule has 0 saturated heterocycles. The van der Waals surface area contributed by atoms with Crippen molar-refractivity contribution in [1.82, 2.24) is 10.2 Å². The molecule has 0 aliphatic rings. The maximum atomic E-state index is 13.4. The van der Waals surface area contributed by atoms with Crippen molar-refractivity contribution in [2.24, 2.45) is 0 Å². The molecular weight excluding hydrogens is 436 g/mol. The van der Waals surface area contributed by atoms with E-state index in [0.29, 0.717) is 30.3 Å². The number of benzene rings is 3. The maximum Gasteiger partial charge on any atom is 0.261 e. The predicted molar refractivity (Wildman–Crippen MR) is 131 cm³/mol. The molecule has 0 aliphatic heterocycles. The fraction of sp³-hybridized carbons (Fsp3) is 0.259. The van der Waals surface area contributed by atoms with Gasteiger partial charge in [0.2, 0.25) is 5.91 Å². The molecule has 3 rings (SSSR count). The summed E-state index contributed by atoms with van der Waals surface area (Å²) < 4.78 is 5.72. The minimum absolute atomic E-state index is 0.173. The zero-order valence-corrected chi connectivity index (χ0v) is 19.5. The number of nitrogens with one attached hydrogen (secondary N) is 1. The second-order valence-electron chi connectivity index (χ2n) is 7.75. The number of carbonyl (C=O) groups excluding carboxylic acids is 2. The van der Waals surface area contributed by atoms with Gasteiger partial charge in [0.15, 0.2) is 6.61 Å². The van der Waals surface area contributed by atoms with E-state index in [1.165, 1.54) is 0 Å². The molecule has 0 bridgehead atoms. The Morgan fingerprint density at radius 2 is 1.61 bits per heavy atom. The molecule has 1 atom stereocenters. The van der Waals surface area contributed by atoms with Crippen LogP contribution in [0.2, 0.25) is 5.02 Å². The van der Waals surface area contributed by atoms with Crippen LogP contribution in [0.15, 0.2) is 84.9 Å². The summed E-state index contributed by atoms with van der Waals surface area (Å²) >= 11 is 6.03. The third-order valence-corrected chi connectivity index (χ3v) is 5.41. The van der Waals surface area contributed by atoms with Gasteiger partial charge in [-0.25, -0.2) is 0 Å². The SMILES string of the molecule is CCCNC(=O)[C@H](Cc1ccccc1)N(Cc1ccccc1)C(=O)COc1cccc(Cl)c1. The van der Waals surface area contributed by atoms with E-state index >= 15 is 0 Å². The lowest BCUT2D eigenvalue weighted by molar-refractivity contribution is -0.142. The van der Waals surface area contributed by atoms with Crippen LogP contribution in [0.3, 0.4) is 0 Å². The van der Waals surface area contributed by atoms with Crippen LogP contribution in [0.4, 0.5) is 0 Å². The topological polar surface area (TPSA) is 58.6 Å². The summed E-state index contributed by atoms with van der Waals surface area (Å²) in [6.07, 6.45) is 1.22. The molecule has 3 aromatic carbocycles. The van der Waals surface area contributed by atoms with Crippen molar-refractivity contribution in [3.63, 3.8) is 0 Å². The van der Waals surface area contributed by atoms with Crippen molar-refractivity contribution >= 4 is 23.4 Å². The van der Waals surface area contributed by atoms with Crippen LogP contribution in [-0.2, 0) is 22.6 Å². The van der Waals surface area contributed by atoms with E-state index in [1.54, 1.807) is 29.2 Å². The summed E-state index contributed by atoms with van der Waals surface area (Å²) in [5, 5.41) is 3.49. The largest absolute Gasteiger partial charge is 0.484 e. The number of rotatable bonds is 11. The average molecular weight is 465 g/mol. The molecule has 33 heavy (non-hydrogen) atoms. The third-order valence-electron chi connectivity index (χ3n) is 5.17. The van der Waals surface area contributed by atoms with Gasteiger partial charge in [0.05, 0.1) is 0 Å². The summed E-state index contributed by atoms with van der Waals surface area (Å²) in [4.78, 5) is 28.2. The molecule has 172 valence electrons. The van der Waals surface area contributed by atoms with Crippen LogP contribution in [0.5, 0.6) is 5.75 Å². The van der Waals surface area contributed by atoms with Crippen molar-refractivity contribution in [2.75, 3.05) is 13.2 Å². The lowest BCUT2D eigenvalue weighted by atomic mass is 10.0. The number of hydrogen-bond acceptors (Lipinski definition) is 3. The van der Waals surface area contributed by atoms with Gasteiger partial charge in [-0.3, -0.25) is 9.59 Å². The van der Waals surface area contributed by atoms with Crippen molar-refractivity contribution in [3.05, 3.63) is 101 Å². The van der Waals surface area contributed by atoms with Gasteiger partial charge in [-0.1, -0.05) is 85.3 Å². The number of hydrogen-bond donors (Lipinski definition) is 1. The highest BCUT2D eigenvalue weighted by atomic mass is 35.5. The van der Waals surface area contributed by atoms with E-state index in [9.17, 15) is 9.59 Å². The number of carbonyl (C=O) groups is 2. The van der Waals surface area contributed by atoms with Gasteiger partial charge in [-0.15, -0.1) is 0 Å². The molecular formula is C27H29ClN2O3. The molecule has 0 saturated carbocycles. The molecule has 5 nitrogen and oxygen atoms in total. The molecule has 6 heteroatoms. The summed E-state index contributed by atoms with van der Waals surface area (Å²) in [7, 11) is 0. The summed E-state index contributed by atoms with van der Waals surface area (Å²) in [5.74, 6) is 0.0599. The number of ether oxygens (including phenoxy) is 1. The van der Waals surface area contributed by atoms with Gasteiger partial charge in [0.25, 0.3) is 5.91 Å². The maximum absolute atomic E-state index is 13.4. The number of halogens is 1. The summed E-state index contributed by atoms with van der Waals surface area (Å²) in [6, 6.07) is 25.6. The Labute approximate surface area is 200 Å². The zero-order chi connectivity index (χ0) is 23.5. The second-order valence-corrected chi connectivity index (χ2v) is 8.19. The monoisotopic (exact) mass is 464 g/mol. The minimum Gasteiger partial charge on any atom is -0.484 e. The quantitative estimate of drug-likeness (QED) is 0.439. The number of nitrogens with zero attached hydrogens (tertiary/aromatic N) is 1. The van der Waals surface area contributed by atoms with Gasteiger partial charge in [0, 0.05) is 24.5 Å². The smallest absolute Gasteiger partial charge is 0.261 e. The minimum atomic E-state index is -0.672. The highest BCUT2D eigenvalue weighted by Gasteiger charge is 2.30. The molecule has 0 unspecified atom stereocenters. The zero-order valence-electron chi connectivity index (χ0n) is 18.7. The average Bonchev–Trinajstić information content (AvgIpc) is 2.84. The molecule has 0 spiro atoms. The van der Waals surface area contributed by atoms with Crippen molar-refractivity contribution < 1.29 is 14.3 Å². The van der Waals surface area contributed by atoms with Crippen LogP contribution in [0.25, 0.3) is 0 Å². The van der Waals surface area contributed by atoms with Crippen molar-refractivity contribution in [1.29, 1.82) is 0 Å². The van der Waals surface area contributed by atoms with Gasteiger partial charge in [-0.05, 0) is 35.7 Å². The molecule has 0 aliphatic carbocycles. The predicted octanol–water partition coefficient (Wildman–Crippen LogP) is 4.89. The fourth-order valence-electron chi connectivity index (χ4n) is 3.48. The van der Waals surface area contributed by atoms with Gasteiger partial charge >= 0.3 is 0 Å². The first-order chi connectivity index (χ1) is 16.1. The Balaban J connectivity index is 1.86. The molecule has 0 radical (unpaired) electrons. The van der Waals surface area contributed by atoms with Crippen LogP contribution in [0, 0.1) is 0 Å². The first-order valence-electron chi connectivity index (χ1n) is 11.1. The first kappa shape index (κ1) is 24.3. The summed E-state index contributed by atoms with van der Waals surface area (Å²) in [6.45, 7) is 2.66. The highest BCUT2D eigenvalue weighted by Crippen LogP contribution is 2.19. The lowest BCUT2D eigenvalue weighted by Gasteiger charge is -2.31. The van der Waals surface area contributed by atoms with E-state index in [4.69, 9.17) is 16.3 Å². The molecule has 1 N–H and O–H groups in total. The van der Waals surface area contributed by atoms with Crippen LogP contribution in [0.1, 0.15) is 24.5 Å². The number of amides is 2. The van der Waals surface area contributed by atoms with Crippen LogP contribution in [-0.4, -0.2) is 35.9 Å². The Morgan fingerprint density at radius 1 is 0.939 bits per heavy atom. The molecule has 0 heterocycles. The lowest BCUT2D eigenvalue weighted by Crippen LogP contribution is -2.51. The Morgan fingerprint density at radius 3 is 2.24 bits per heavy atom.